The number of carbonyl (C=O) groups excluding carboxylic acids is 1. The lowest BCUT2D eigenvalue weighted by Gasteiger charge is -2.16. The van der Waals surface area contributed by atoms with Gasteiger partial charge in [-0.1, -0.05) is 12.1 Å². The van der Waals surface area contributed by atoms with Gasteiger partial charge in [0.25, 0.3) is 0 Å². The molecule has 1 atom stereocenters. The highest BCUT2D eigenvalue weighted by Gasteiger charge is 2.38. The summed E-state index contributed by atoms with van der Waals surface area (Å²) >= 11 is 12.2. The van der Waals surface area contributed by atoms with E-state index in [4.69, 9.17) is 27.6 Å². The number of rotatable bonds is 2. The zero-order valence-corrected chi connectivity index (χ0v) is 12.5. The van der Waals surface area contributed by atoms with E-state index < -0.39 is 10.8 Å². The van der Waals surface area contributed by atoms with E-state index in [2.05, 4.69) is 5.32 Å². The fourth-order valence-corrected chi connectivity index (χ4v) is 2.78. The SMILES string of the molecule is CC1(C)C(=O)Nc2ccc(C(Cl)c3ccc(Cl)o3)cc21. The molecule has 3 nitrogen and oxygen atoms in total. The van der Waals surface area contributed by atoms with Crippen LogP contribution in [0.25, 0.3) is 0 Å². The molecule has 104 valence electrons. The van der Waals surface area contributed by atoms with Gasteiger partial charge in [0.2, 0.25) is 5.91 Å². The third-order valence-electron chi connectivity index (χ3n) is 3.67. The van der Waals surface area contributed by atoms with Crippen LogP contribution in [0.5, 0.6) is 0 Å². The minimum atomic E-state index is -0.553. The Morgan fingerprint density at radius 3 is 2.65 bits per heavy atom. The molecule has 20 heavy (non-hydrogen) atoms. The summed E-state index contributed by atoms with van der Waals surface area (Å²) in [6.07, 6.45) is 0. The Kier molecular flexibility index (Phi) is 3.07. The summed E-state index contributed by atoms with van der Waals surface area (Å²) in [7, 11) is 0. The smallest absolute Gasteiger partial charge is 0.234 e. The number of anilines is 1. The molecule has 1 unspecified atom stereocenters. The van der Waals surface area contributed by atoms with Gasteiger partial charge in [-0.15, -0.1) is 11.6 Å². The number of benzene rings is 1. The van der Waals surface area contributed by atoms with Crippen LogP contribution in [0, 0.1) is 0 Å². The zero-order chi connectivity index (χ0) is 14.5. The molecule has 1 aliphatic heterocycles. The summed E-state index contributed by atoms with van der Waals surface area (Å²) < 4.78 is 5.34. The number of halogens is 2. The van der Waals surface area contributed by atoms with Crippen LogP contribution in [0.4, 0.5) is 5.69 Å². The standard InChI is InChI=1S/C15H13Cl2NO2/c1-15(2)9-7-8(3-4-10(9)18-14(15)19)13(17)11-5-6-12(16)20-11/h3-7,13H,1-2H3,(H,18,19). The highest BCUT2D eigenvalue weighted by molar-refractivity contribution is 6.29. The van der Waals surface area contributed by atoms with Crippen LogP contribution < -0.4 is 5.32 Å². The third-order valence-corrected chi connectivity index (χ3v) is 4.34. The number of carbonyl (C=O) groups is 1. The molecule has 2 heterocycles. The van der Waals surface area contributed by atoms with Crippen molar-refractivity contribution >= 4 is 34.8 Å². The molecular weight excluding hydrogens is 297 g/mol. The van der Waals surface area contributed by atoms with Crippen LogP contribution in [0.3, 0.4) is 0 Å². The molecule has 1 aromatic heterocycles. The second kappa shape index (κ2) is 4.54. The lowest BCUT2D eigenvalue weighted by molar-refractivity contribution is -0.119. The lowest BCUT2D eigenvalue weighted by Crippen LogP contribution is -2.26. The van der Waals surface area contributed by atoms with Crippen LogP contribution in [0.1, 0.15) is 36.1 Å². The minimum Gasteiger partial charge on any atom is -0.448 e. The second-order valence-corrected chi connectivity index (χ2v) is 6.20. The van der Waals surface area contributed by atoms with Gasteiger partial charge in [-0.25, -0.2) is 0 Å². The number of amides is 1. The molecular formula is C15H13Cl2NO2. The Morgan fingerprint density at radius 2 is 2.00 bits per heavy atom. The van der Waals surface area contributed by atoms with Gasteiger partial charge in [-0.3, -0.25) is 4.79 Å². The van der Waals surface area contributed by atoms with Crippen LogP contribution in [-0.2, 0) is 10.2 Å². The Balaban J connectivity index is 2.02. The molecule has 0 radical (unpaired) electrons. The van der Waals surface area contributed by atoms with E-state index in [1.165, 1.54) is 0 Å². The highest BCUT2D eigenvalue weighted by Crippen LogP contribution is 2.40. The van der Waals surface area contributed by atoms with Crippen molar-refractivity contribution in [3.05, 3.63) is 52.4 Å². The molecule has 1 N–H and O–H groups in total. The van der Waals surface area contributed by atoms with Gasteiger partial charge < -0.3 is 9.73 Å². The molecule has 2 aromatic rings. The van der Waals surface area contributed by atoms with E-state index in [1.807, 2.05) is 32.0 Å². The van der Waals surface area contributed by atoms with Gasteiger partial charge in [-0.2, -0.15) is 0 Å². The van der Waals surface area contributed by atoms with Gasteiger partial charge in [0.15, 0.2) is 5.22 Å². The predicted molar refractivity (Wildman–Crippen MR) is 79.5 cm³/mol. The summed E-state index contributed by atoms with van der Waals surface area (Å²) in [5.41, 5.74) is 2.11. The van der Waals surface area contributed by atoms with E-state index in [0.29, 0.717) is 11.0 Å². The first-order valence-electron chi connectivity index (χ1n) is 6.25. The first-order valence-corrected chi connectivity index (χ1v) is 7.06. The number of nitrogens with one attached hydrogen (secondary N) is 1. The Morgan fingerprint density at radius 1 is 1.25 bits per heavy atom. The van der Waals surface area contributed by atoms with Crippen molar-refractivity contribution in [2.45, 2.75) is 24.6 Å². The largest absolute Gasteiger partial charge is 0.448 e. The van der Waals surface area contributed by atoms with E-state index >= 15 is 0 Å². The summed E-state index contributed by atoms with van der Waals surface area (Å²) in [6, 6.07) is 9.11. The maximum Gasteiger partial charge on any atom is 0.234 e. The number of fused-ring (bicyclic) bond motifs is 1. The fraction of sp³-hybridized carbons (Fsp3) is 0.267. The number of furan rings is 1. The lowest BCUT2D eigenvalue weighted by atomic mass is 9.85. The topological polar surface area (TPSA) is 42.2 Å². The van der Waals surface area contributed by atoms with Crippen LogP contribution in [0.15, 0.2) is 34.7 Å². The monoisotopic (exact) mass is 309 g/mol. The number of hydrogen-bond donors (Lipinski definition) is 1. The highest BCUT2D eigenvalue weighted by atomic mass is 35.5. The van der Waals surface area contributed by atoms with Crippen LogP contribution in [0.2, 0.25) is 5.22 Å². The molecule has 0 spiro atoms. The first-order chi connectivity index (χ1) is 9.39. The van der Waals surface area contributed by atoms with Gasteiger partial charge in [0, 0.05) is 5.69 Å². The molecule has 1 aromatic carbocycles. The normalized spacial score (nSPS) is 17.7. The van der Waals surface area contributed by atoms with E-state index in [1.54, 1.807) is 12.1 Å². The minimum absolute atomic E-state index is 0.00295. The molecule has 0 aliphatic carbocycles. The van der Waals surface area contributed by atoms with Gasteiger partial charge in [0.1, 0.15) is 11.1 Å². The molecule has 0 saturated heterocycles. The number of hydrogen-bond acceptors (Lipinski definition) is 2. The first kappa shape index (κ1) is 13.5. The van der Waals surface area contributed by atoms with Crippen molar-refractivity contribution in [3.63, 3.8) is 0 Å². The Bertz CT molecular complexity index is 691. The maximum absolute atomic E-state index is 11.9. The van der Waals surface area contributed by atoms with Crippen LogP contribution >= 0.6 is 23.2 Å². The van der Waals surface area contributed by atoms with E-state index in [-0.39, 0.29) is 5.91 Å². The fourth-order valence-electron chi connectivity index (χ4n) is 2.38. The summed E-state index contributed by atoms with van der Waals surface area (Å²) in [4.78, 5) is 11.9. The van der Waals surface area contributed by atoms with Crippen molar-refractivity contribution in [1.29, 1.82) is 0 Å². The maximum atomic E-state index is 11.9. The average Bonchev–Trinajstić information content (AvgIpc) is 2.92. The zero-order valence-electron chi connectivity index (χ0n) is 11.0. The second-order valence-electron chi connectivity index (χ2n) is 5.39. The van der Waals surface area contributed by atoms with Crippen molar-refractivity contribution in [1.82, 2.24) is 0 Å². The molecule has 5 heteroatoms. The number of alkyl halides is 1. The van der Waals surface area contributed by atoms with Crippen molar-refractivity contribution in [2.75, 3.05) is 5.32 Å². The predicted octanol–water partition coefficient (Wildman–Crippen LogP) is 4.49. The molecule has 3 rings (SSSR count). The Labute approximate surface area is 126 Å². The Hall–Kier alpha value is -1.45. The summed E-state index contributed by atoms with van der Waals surface area (Å²) in [5, 5.41) is 2.75. The van der Waals surface area contributed by atoms with Crippen molar-refractivity contribution < 1.29 is 9.21 Å². The molecule has 0 saturated carbocycles. The van der Waals surface area contributed by atoms with E-state index in [9.17, 15) is 4.79 Å². The van der Waals surface area contributed by atoms with Crippen molar-refractivity contribution in [2.24, 2.45) is 0 Å². The quantitative estimate of drug-likeness (QED) is 0.830. The van der Waals surface area contributed by atoms with E-state index in [0.717, 1.165) is 16.8 Å². The third kappa shape index (κ3) is 2.02. The molecule has 0 bridgehead atoms. The summed E-state index contributed by atoms with van der Waals surface area (Å²) in [5.74, 6) is 0.587. The molecule has 1 amide bonds. The molecule has 0 fully saturated rings. The van der Waals surface area contributed by atoms with Gasteiger partial charge in [0.05, 0.1) is 5.41 Å². The molecule has 1 aliphatic rings. The van der Waals surface area contributed by atoms with Crippen LogP contribution in [-0.4, -0.2) is 5.91 Å². The summed E-state index contributed by atoms with van der Waals surface area (Å²) in [6.45, 7) is 3.79. The average molecular weight is 310 g/mol. The van der Waals surface area contributed by atoms with Gasteiger partial charge >= 0.3 is 0 Å². The van der Waals surface area contributed by atoms with Crippen molar-refractivity contribution in [3.8, 4) is 0 Å². The van der Waals surface area contributed by atoms with Gasteiger partial charge in [-0.05, 0) is 54.8 Å².